The minimum absolute atomic E-state index is 0.0515. The van der Waals surface area contributed by atoms with Crippen LogP contribution in [0.3, 0.4) is 0 Å². The van der Waals surface area contributed by atoms with Gasteiger partial charge in [-0.05, 0) is 32.7 Å². The van der Waals surface area contributed by atoms with Crippen LogP contribution in [0.2, 0.25) is 0 Å². The van der Waals surface area contributed by atoms with Gasteiger partial charge in [0.2, 0.25) is 5.91 Å². The summed E-state index contributed by atoms with van der Waals surface area (Å²) in [5.74, 6) is 0.262. The number of amides is 1. The third-order valence-electron chi connectivity index (χ3n) is 4.13. The van der Waals surface area contributed by atoms with Gasteiger partial charge in [-0.15, -0.1) is 0 Å². The van der Waals surface area contributed by atoms with Crippen LogP contribution in [0.25, 0.3) is 0 Å². The van der Waals surface area contributed by atoms with Crippen molar-refractivity contribution >= 4 is 5.91 Å². The Kier molecular flexibility index (Phi) is 5.40. The zero-order chi connectivity index (χ0) is 12.9. The maximum atomic E-state index is 12.1. The van der Waals surface area contributed by atoms with Crippen molar-refractivity contribution in [2.75, 3.05) is 32.7 Å². The lowest BCUT2D eigenvalue weighted by Gasteiger charge is -2.39. The van der Waals surface area contributed by atoms with Crippen LogP contribution in [0.1, 0.15) is 40.0 Å². The number of nitrogens with zero attached hydrogens (tertiary/aromatic N) is 2. The van der Waals surface area contributed by atoms with Crippen LogP contribution < -0.4 is 5.73 Å². The summed E-state index contributed by atoms with van der Waals surface area (Å²) >= 11 is 0. The van der Waals surface area contributed by atoms with Crippen LogP contribution in [0.15, 0.2) is 0 Å². The molecule has 1 rings (SSSR count). The Labute approximate surface area is 105 Å². The molecular weight excluding hydrogens is 214 g/mol. The lowest BCUT2D eigenvalue weighted by molar-refractivity contribution is -0.132. The van der Waals surface area contributed by atoms with E-state index in [1.165, 1.54) is 0 Å². The number of likely N-dealkylation sites (N-methyl/N-ethyl adjacent to an activating group) is 1. The van der Waals surface area contributed by atoms with E-state index in [2.05, 4.69) is 25.7 Å². The number of hydrogen-bond donors (Lipinski definition) is 1. The van der Waals surface area contributed by atoms with Gasteiger partial charge in [0.1, 0.15) is 0 Å². The average molecular weight is 241 g/mol. The summed E-state index contributed by atoms with van der Waals surface area (Å²) in [6.45, 7) is 10.2. The first kappa shape index (κ1) is 14.5. The number of likely N-dealkylation sites (tertiary alicyclic amines) is 1. The Morgan fingerprint density at radius 3 is 2.35 bits per heavy atom. The third-order valence-corrected chi connectivity index (χ3v) is 4.13. The highest BCUT2D eigenvalue weighted by molar-refractivity contribution is 5.78. The highest BCUT2D eigenvalue weighted by Gasteiger charge is 2.30. The predicted molar refractivity (Wildman–Crippen MR) is 70.8 cm³/mol. The zero-order valence-corrected chi connectivity index (χ0v) is 11.5. The van der Waals surface area contributed by atoms with Gasteiger partial charge in [-0.2, -0.15) is 0 Å². The van der Waals surface area contributed by atoms with Gasteiger partial charge in [0.05, 0.1) is 6.54 Å². The van der Waals surface area contributed by atoms with Crippen molar-refractivity contribution in [3.63, 3.8) is 0 Å². The number of hydrogen-bond acceptors (Lipinski definition) is 3. The highest BCUT2D eigenvalue weighted by Crippen LogP contribution is 2.18. The number of carbonyl (C=O) groups excluding carboxylic acids is 1. The van der Waals surface area contributed by atoms with Crippen LogP contribution in [-0.2, 0) is 4.79 Å². The van der Waals surface area contributed by atoms with E-state index in [1.54, 1.807) is 0 Å². The molecule has 1 unspecified atom stereocenters. The SMILES string of the molecule is CCN(CC(=O)N1CCCC1)C(C)(CC)CN. The number of rotatable bonds is 6. The smallest absolute Gasteiger partial charge is 0.236 e. The second kappa shape index (κ2) is 6.36. The Balaban J connectivity index is 2.59. The molecule has 0 spiro atoms. The topological polar surface area (TPSA) is 49.6 Å². The molecule has 0 bridgehead atoms. The summed E-state index contributed by atoms with van der Waals surface area (Å²) in [5.41, 5.74) is 5.81. The number of carbonyl (C=O) groups is 1. The van der Waals surface area contributed by atoms with Crippen molar-refractivity contribution in [1.29, 1.82) is 0 Å². The molecule has 1 saturated heterocycles. The maximum absolute atomic E-state index is 12.1. The van der Waals surface area contributed by atoms with Crippen LogP contribution in [0, 0.1) is 0 Å². The molecule has 0 saturated carbocycles. The lowest BCUT2D eigenvalue weighted by Crippen LogP contribution is -2.54. The summed E-state index contributed by atoms with van der Waals surface area (Å²) < 4.78 is 0. The van der Waals surface area contributed by atoms with Crippen LogP contribution in [0.5, 0.6) is 0 Å². The molecule has 4 nitrogen and oxygen atoms in total. The normalized spacial score (nSPS) is 19.7. The fourth-order valence-corrected chi connectivity index (χ4v) is 2.41. The van der Waals surface area contributed by atoms with E-state index in [1.807, 2.05) is 4.90 Å². The molecule has 1 aliphatic heterocycles. The predicted octanol–water partition coefficient (Wildman–Crippen LogP) is 1.06. The summed E-state index contributed by atoms with van der Waals surface area (Å²) in [6.07, 6.45) is 3.28. The fraction of sp³-hybridized carbons (Fsp3) is 0.923. The van der Waals surface area contributed by atoms with Crippen molar-refractivity contribution in [2.24, 2.45) is 5.73 Å². The molecule has 1 atom stereocenters. The van der Waals surface area contributed by atoms with E-state index in [0.29, 0.717) is 13.1 Å². The first-order valence-electron chi connectivity index (χ1n) is 6.80. The molecule has 1 aliphatic rings. The second-order valence-electron chi connectivity index (χ2n) is 5.16. The van der Waals surface area contributed by atoms with Crippen molar-refractivity contribution < 1.29 is 4.79 Å². The van der Waals surface area contributed by atoms with E-state index >= 15 is 0 Å². The maximum Gasteiger partial charge on any atom is 0.236 e. The van der Waals surface area contributed by atoms with Crippen molar-refractivity contribution in [2.45, 2.75) is 45.6 Å². The fourth-order valence-electron chi connectivity index (χ4n) is 2.41. The molecule has 100 valence electrons. The molecule has 1 fully saturated rings. The zero-order valence-electron chi connectivity index (χ0n) is 11.5. The third kappa shape index (κ3) is 3.42. The first-order chi connectivity index (χ1) is 8.07. The average Bonchev–Trinajstić information content (AvgIpc) is 2.88. The van der Waals surface area contributed by atoms with Gasteiger partial charge in [-0.1, -0.05) is 13.8 Å². The Morgan fingerprint density at radius 1 is 1.35 bits per heavy atom. The van der Waals surface area contributed by atoms with Gasteiger partial charge >= 0.3 is 0 Å². The quantitative estimate of drug-likeness (QED) is 0.756. The molecule has 0 aromatic heterocycles. The molecule has 0 aromatic rings. The first-order valence-corrected chi connectivity index (χ1v) is 6.80. The molecule has 2 N–H and O–H groups in total. The highest BCUT2D eigenvalue weighted by atomic mass is 16.2. The Morgan fingerprint density at radius 2 is 1.94 bits per heavy atom. The van der Waals surface area contributed by atoms with Crippen LogP contribution in [0.4, 0.5) is 0 Å². The molecule has 0 radical (unpaired) electrons. The number of nitrogens with two attached hydrogens (primary N) is 1. The second-order valence-corrected chi connectivity index (χ2v) is 5.16. The van der Waals surface area contributed by atoms with Gasteiger partial charge < -0.3 is 10.6 Å². The van der Waals surface area contributed by atoms with E-state index in [4.69, 9.17) is 5.73 Å². The summed E-state index contributed by atoms with van der Waals surface area (Å²) in [4.78, 5) is 16.3. The van der Waals surface area contributed by atoms with E-state index in [9.17, 15) is 4.79 Å². The Hall–Kier alpha value is -0.610. The standard InChI is InChI=1S/C13H27N3O/c1-4-13(3,11-14)16(5-2)10-12(17)15-8-6-7-9-15/h4-11,14H2,1-3H3. The molecule has 0 aliphatic carbocycles. The lowest BCUT2D eigenvalue weighted by atomic mass is 9.96. The van der Waals surface area contributed by atoms with Gasteiger partial charge in [-0.25, -0.2) is 0 Å². The molecule has 1 amide bonds. The molecule has 0 aromatic carbocycles. The van der Waals surface area contributed by atoms with Crippen LogP contribution in [-0.4, -0.2) is 54.0 Å². The van der Waals surface area contributed by atoms with E-state index in [0.717, 1.165) is 38.9 Å². The van der Waals surface area contributed by atoms with Gasteiger partial charge in [0.15, 0.2) is 0 Å². The van der Waals surface area contributed by atoms with Crippen molar-refractivity contribution in [3.05, 3.63) is 0 Å². The van der Waals surface area contributed by atoms with Gasteiger partial charge in [-0.3, -0.25) is 9.69 Å². The summed E-state index contributed by atoms with van der Waals surface area (Å²) in [5, 5.41) is 0. The Bertz CT molecular complexity index is 245. The molecular formula is C13H27N3O. The minimum Gasteiger partial charge on any atom is -0.342 e. The molecule has 4 heteroatoms. The van der Waals surface area contributed by atoms with Crippen molar-refractivity contribution in [1.82, 2.24) is 9.80 Å². The summed E-state index contributed by atoms with van der Waals surface area (Å²) in [7, 11) is 0. The van der Waals surface area contributed by atoms with Gasteiger partial charge in [0.25, 0.3) is 0 Å². The van der Waals surface area contributed by atoms with E-state index in [-0.39, 0.29) is 11.4 Å². The van der Waals surface area contributed by atoms with Gasteiger partial charge in [0, 0.05) is 25.2 Å². The molecule has 1 heterocycles. The minimum atomic E-state index is -0.0515. The summed E-state index contributed by atoms with van der Waals surface area (Å²) in [6, 6.07) is 0. The largest absolute Gasteiger partial charge is 0.342 e. The van der Waals surface area contributed by atoms with Crippen LogP contribution >= 0.6 is 0 Å². The molecule has 17 heavy (non-hydrogen) atoms. The monoisotopic (exact) mass is 241 g/mol. The van der Waals surface area contributed by atoms with Crippen molar-refractivity contribution in [3.8, 4) is 0 Å². The van der Waals surface area contributed by atoms with E-state index < -0.39 is 0 Å².